The number of halogens is 1. The van der Waals surface area contributed by atoms with Crippen LogP contribution in [0.15, 0.2) is 36.7 Å². The molecule has 7 nitrogen and oxygen atoms in total. The molecule has 1 saturated heterocycles. The summed E-state index contributed by atoms with van der Waals surface area (Å²) in [5.41, 5.74) is 0.571. The smallest absolute Gasteiger partial charge is 0.276 e. The number of rotatable bonds is 4. The maximum absolute atomic E-state index is 12.5. The van der Waals surface area contributed by atoms with Crippen molar-refractivity contribution >= 4 is 29.1 Å². The summed E-state index contributed by atoms with van der Waals surface area (Å²) in [6.07, 6.45) is 4.48. The Morgan fingerprint density at radius 3 is 2.24 bits per heavy atom. The van der Waals surface area contributed by atoms with Crippen LogP contribution < -0.4 is 16.0 Å². The average Bonchev–Trinajstić information content (AvgIpc) is 2.64. The molecule has 0 saturated carbocycles. The van der Waals surface area contributed by atoms with Crippen molar-refractivity contribution in [3.8, 4) is 0 Å². The van der Waals surface area contributed by atoms with Crippen LogP contribution in [0.2, 0.25) is 5.02 Å². The first kappa shape index (κ1) is 17.3. The quantitative estimate of drug-likeness (QED) is 0.774. The number of benzene rings is 1. The highest BCUT2D eigenvalue weighted by molar-refractivity contribution is 6.30. The minimum absolute atomic E-state index is 0.0103. The van der Waals surface area contributed by atoms with Gasteiger partial charge in [0.25, 0.3) is 11.8 Å². The lowest BCUT2D eigenvalue weighted by molar-refractivity contribution is 0.0911. The summed E-state index contributed by atoms with van der Waals surface area (Å²) in [7, 11) is 0. The van der Waals surface area contributed by atoms with E-state index in [0.29, 0.717) is 10.7 Å². The van der Waals surface area contributed by atoms with Crippen molar-refractivity contribution in [1.29, 1.82) is 0 Å². The van der Waals surface area contributed by atoms with Gasteiger partial charge in [-0.3, -0.25) is 9.59 Å². The fraction of sp³-hybridized carbons (Fsp3) is 0.294. The summed E-state index contributed by atoms with van der Waals surface area (Å²) >= 11 is 5.83. The Kier molecular flexibility index (Phi) is 5.57. The average molecular weight is 360 g/mol. The van der Waals surface area contributed by atoms with E-state index in [1.165, 1.54) is 12.4 Å². The molecule has 1 aromatic carbocycles. The third-order valence-corrected chi connectivity index (χ3v) is 4.16. The van der Waals surface area contributed by atoms with Gasteiger partial charge in [0.2, 0.25) is 0 Å². The van der Waals surface area contributed by atoms with E-state index in [2.05, 4.69) is 25.9 Å². The second-order valence-corrected chi connectivity index (χ2v) is 6.15. The van der Waals surface area contributed by atoms with Gasteiger partial charge < -0.3 is 16.0 Å². The van der Waals surface area contributed by atoms with Crippen LogP contribution in [-0.4, -0.2) is 40.9 Å². The van der Waals surface area contributed by atoms with E-state index < -0.39 is 5.91 Å². The van der Waals surface area contributed by atoms with Gasteiger partial charge in [-0.05, 0) is 50.2 Å². The van der Waals surface area contributed by atoms with Crippen LogP contribution >= 0.6 is 11.6 Å². The Morgan fingerprint density at radius 1 is 1.00 bits per heavy atom. The largest absolute Gasteiger partial charge is 0.348 e. The van der Waals surface area contributed by atoms with Gasteiger partial charge in [-0.1, -0.05) is 11.6 Å². The Labute approximate surface area is 150 Å². The van der Waals surface area contributed by atoms with E-state index in [0.717, 1.165) is 25.9 Å². The summed E-state index contributed by atoms with van der Waals surface area (Å²) in [6.45, 7) is 1.71. The number of amides is 2. The van der Waals surface area contributed by atoms with Gasteiger partial charge in [-0.15, -0.1) is 0 Å². The molecule has 1 aliphatic heterocycles. The first-order valence-corrected chi connectivity index (χ1v) is 8.41. The second kappa shape index (κ2) is 8.04. The fourth-order valence-corrected chi connectivity index (χ4v) is 2.74. The summed E-state index contributed by atoms with van der Waals surface area (Å²) in [4.78, 5) is 33.1. The molecule has 25 heavy (non-hydrogen) atoms. The van der Waals surface area contributed by atoms with Gasteiger partial charge >= 0.3 is 0 Å². The van der Waals surface area contributed by atoms with Crippen LogP contribution in [0.25, 0.3) is 0 Å². The van der Waals surface area contributed by atoms with E-state index in [9.17, 15) is 9.59 Å². The van der Waals surface area contributed by atoms with E-state index >= 15 is 0 Å². The number of nitrogens with zero attached hydrogens (tertiary/aromatic N) is 2. The Morgan fingerprint density at radius 2 is 1.60 bits per heavy atom. The summed E-state index contributed by atoms with van der Waals surface area (Å²) in [5.74, 6) is -0.882. The monoisotopic (exact) mass is 359 g/mol. The molecule has 0 spiro atoms. The molecule has 1 aromatic heterocycles. The molecule has 0 unspecified atom stereocenters. The Balaban J connectivity index is 1.74. The minimum atomic E-state index is -0.495. The molecule has 0 aliphatic carbocycles. The number of nitrogens with one attached hydrogen (secondary N) is 3. The highest BCUT2D eigenvalue weighted by Gasteiger charge is 2.23. The van der Waals surface area contributed by atoms with Crippen molar-refractivity contribution in [2.24, 2.45) is 0 Å². The molecule has 2 heterocycles. The molecule has 2 aromatic rings. The van der Waals surface area contributed by atoms with Gasteiger partial charge in [0.15, 0.2) is 11.4 Å². The highest BCUT2D eigenvalue weighted by atomic mass is 35.5. The maximum atomic E-state index is 12.5. The van der Waals surface area contributed by atoms with Gasteiger partial charge in [0.1, 0.15) is 0 Å². The number of hydrogen-bond acceptors (Lipinski definition) is 5. The third kappa shape index (κ3) is 4.52. The van der Waals surface area contributed by atoms with Crippen molar-refractivity contribution in [3.63, 3.8) is 0 Å². The van der Waals surface area contributed by atoms with Crippen LogP contribution in [0.1, 0.15) is 33.8 Å². The van der Waals surface area contributed by atoms with Crippen LogP contribution in [-0.2, 0) is 0 Å². The van der Waals surface area contributed by atoms with Crippen molar-refractivity contribution in [3.05, 3.63) is 53.1 Å². The topological polar surface area (TPSA) is 96.0 Å². The van der Waals surface area contributed by atoms with E-state index in [4.69, 9.17) is 11.6 Å². The number of carbonyl (C=O) groups excluding carboxylic acids is 2. The lowest BCUT2D eigenvalue weighted by Gasteiger charge is -2.23. The van der Waals surface area contributed by atoms with E-state index in [1.54, 1.807) is 24.3 Å². The molecule has 3 rings (SSSR count). The molecule has 0 atom stereocenters. The SMILES string of the molecule is O=C(Nc1ccc(Cl)cc1)c1nccnc1C(=O)NC1CCNCC1. The molecule has 2 amide bonds. The van der Waals surface area contributed by atoms with Crippen molar-refractivity contribution < 1.29 is 9.59 Å². The van der Waals surface area contributed by atoms with E-state index in [1.807, 2.05) is 0 Å². The van der Waals surface area contributed by atoms with Crippen molar-refractivity contribution in [2.45, 2.75) is 18.9 Å². The molecule has 0 radical (unpaired) electrons. The lowest BCUT2D eigenvalue weighted by Crippen LogP contribution is -2.43. The standard InChI is InChI=1S/C17H18ClN5O2/c18-11-1-3-12(4-2-11)22-16(24)14-15(21-10-9-20-14)17(25)23-13-5-7-19-8-6-13/h1-4,9-10,13,19H,5-8H2,(H,22,24)(H,23,25). The molecule has 1 fully saturated rings. The summed E-state index contributed by atoms with van der Waals surface area (Å²) in [5, 5.41) is 9.42. The predicted molar refractivity (Wildman–Crippen MR) is 94.8 cm³/mol. The highest BCUT2D eigenvalue weighted by Crippen LogP contribution is 2.15. The predicted octanol–water partition coefficient (Wildman–Crippen LogP) is 1.86. The lowest BCUT2D eigenvalue weighted by atomic mass is 10.1. The minimum Gasteiger partial charge on any atom is -0.348 e. The third-order valence-electron chi connectivity index (χ3n) is 3.90. The zero-order valence-electron chi connectivity index (χ0n) is 13.5. The van der Waals surface area contributed by atoms with Crippen LogP contribution in [0.4, 0.5) is 5.69 Å². The number of carbonyl (C=O) groups is 2. The Hall–Kier alpha value is -2.51. The van der Waals surface area contributed by atoms with Crippen molar-refractivity contribution in [1.82, 2.24) is 20.6 Å². The van der Waals surface area contributed by atoms with Crippen molar-refractivity contribution in [2.75, 3.05) is 18.4 Å². The number of aromatic nitrogens is 2. The molecule has 3 N–H and O–H groups in total. The zero-order valence-corrected chi connectivity index (χ0v) is 14.2. The first-order chi connectivity index (χ1) is 12.1. The Bertz CT molecular complexity index is 760. The molecule has 0 bridgehead atoms. The number of anilines is 1. The summed E-state index contributed by atoms with van der Waals surface area (Å²) < 4.78 is 0. The zero-order chi connectivity index (χ0) is 17.6. The van der Waals surface area contributed by atoms with Gasteiger partial charge in [-0.25, -0.2) is 9.97 Å². The molecule has 1 aliphatic rings. The van der Waals surface area contributed by atoms with Gasteiger partial charge in [0, 0.05) is 29.1 Å². The van der Waals surface area contributed by atoms with Crippen LogP contribution in [0.3, 0.4) is 0 Å². The molecular formula is C17H18ClN5O2. The fourth-order valence-electron chi connectivity index (χ4n) is 2.61. The normalized spacial score (nSPS) is 14.8. The first-order valence-electron chi connectivity index (χ1n) is 8.03. The number of hydrogen-bond donors (Lipinski definition) is 3. The van der Waals surface area contributed by atoms with Crippen LogP contribution in [0.5, 0.6) is 0 Å². The maximum Gasteiger partial charge on any atom is 0.276 e. The van der Waals surface area contributed by atoms with Gasteiger partial charge in [-0.2, -0.15) is 0 Å². The molecule has 130 valence electrons. The van der Waals surface area contributed by atoms with Gasteiger partial charge in [0.05, 0.1) is 0 Å². The molecule has 8 heteroatoms. The summed E-state index contributed by atoms with van der Waals surface area (Å²) in [6, 6.07) is 6.75. The number of piperidine rings is 1. The molecular weight excluding hydrogens is 342 g/mol. The van der Waals surface area contributed by atoms with E-state index in [-0.39, 0.29) is 23.3 Å². The van der Waals surface area contributed by atoms with Crippen LogP contribution in [0, 0.1) is 0 Å². The second-order valence-electron chi connectivity index (χ2n) is 5.71.